The van der Waals surface area contributed by atoms with E-state index in [1.807, 2.05) is 13.0 Å². The number of carboxylic acid groups (broad SMARTS) is 1. The Hall–Kier alpha value is -1.20. The molecular weight excluding hydrogens is 440 g/mol. The molecule has 0 bridgehead atoms. The van der Waals surface area contributed by atoms with Crippen LogP contribution in [0.15, 0.2) is 11.6 Å². The average Bonchev–Trinajstić information content (AvgIpc) is 2.74. The monoisotopic (exact) mass is 486 g/mol. The number of rotatable bonds is 1. The molecule has 0 spiro atoms. The molecule has 10 atom stereocenters. The van der Waals surface area contributed by atoms with Gasteiger partial charge in [0.15, 0.2) is 5.78 Å². The van der Waals surface area contributed by atoms with E-state index in [0.29, 0.717) is 19.3 Å². The summed E-state index contributed by atoms with van der Waals surface area (Å²) in [6.45, 7) is 15.2. The van der Waals surface area contributed by atoms with Crippen LogP contribution in [0.2, 0.25) is 0 Å². The minimum Gasteiger partial charge on any atom is -0.481 e. The molecular formula is C30H46O5. The summed E-state index contributed by atoms with van der Waals surface area (Å²) in [5.74, 6) is -0.490. The molecule has 0 aromatic carbocycles. The molecule has 4 fully saturated rings. The maximum atomic E-state index is 14.2. The number of carbonyl (C=O) groups is 2. The predicted octanol–water partition coefficient (Wildman–Crippen LogP) is 5.38. The molecule has 5 aliphatic rings. The van der Waals surface area contributed by atoms with Gasteiger partial charge in [-0.1, -0.05) is 47.1 Å². The quantitative estimate of drug-likeness (QED) is 0.462. The molecule has 0 aliphatic heterocycles. The third kappa shape index (κ3) is 3.00. The maximum Gasteiger partial charge on any atom is 0.309 e. The summed E-state index contributed by atoms with van der Waals surface area (Å²) in [6, 6.07) is 0. The van der Waals surface area contributed by atoms with Gasteiger partial charge >= 0.3 is 5.97 Å². The largest absolute Gasteiger partial charge is 0.481 e. The van der Waals surface area contributed by atoms with Gasteiger partial charge < -0.3 is 15.3 Å². The number of hydrogen-bond donors (Lipinski definition) is 3. The third-order valence-electron chi connectivity index (χ3n) is 13.0. The van der Waals surface area contributed by atoms with Crippen molar-refractivity contribution in [3.63, 3.8) is 0 Å². The van der Waals surface area contributed by atoms with Gasteiger partial charge in [-0.2, -0.15) is 0 Å². The van der Waals surface area contributed by atoms with Crippen LogP contribution in [0.1, 0.15) is 99.8 Å². The fourth-order valence-corrected chi connectivity index (χ4v) is 10.5. The molecule has 3 N–H and O–H groups in total. The van der Waals surface area contributed by atoms with Gasteiger partial charge in [0.2, 0.25) is 0 Å². The van der Waals surface area contributed by atoms with Gasteiger partial charge in [0.25, 0.3) is 0 Å². The molecule has 0 unspecified atom stereocenters. The van der Waals surface area contributed by atoms with Gasteiger partial charge in [0.05, 0.1) is 17.6 Å². The second-order valence-electron chi connectivity index (χ2n) is 15.1. The summed E-state index contributed by atoms with van der Waals surface area (Å²) in [5.41, 5.74) is -0.780. The van der Waals surface area contributed by atoms with E-state index < -0.39 is 29.0 Å². The first-order valence-corrected chi connectivity index (χ1v) is 13.8. The van der Waals surface area contributed by atoms with Crippen LogP contribution in [0.5, 0.6) is 0 Å². The fraction of sp³-hybridized carbons (Fsp3) is 0.867. The topological polar surface area (TPSA) is 94.8 Å². The number of ketones is 1. The molecule has 196 valence electrons. The normalized spacial score (nSPS) is 55.1. The summed E-state index contributed by atoms with van der Waals surface area (Å²) in [6.07, 6.45) is 6.91. The third-order valence-corrected chi connectivity index (χ3v) is 13.0. The van der Waals surface area contributed by atoms with Crippen molar-refractivity contribution in [3.8, 4) is 0 Å². The lowest BCUT2D eigenvalue weighted by Crippen LogP contribution is -2.68. The van der Waals surface area contributed by atoms with Crippen LogP contribution in [0.4, 0.5) is 0 Å². The van der Waals surface area contributed by atoms with Gasteiger partial charge in [-0.25, -0.2) is 0 Å². The smallest absolute Gasteiger partial charge is 0.309 e. The number of allylic oxidation sites excluding steroid dienone is 2. The number of aliphatic hydroxyl groups is 2. The summed E-state index contributed by atoms with van der Waals surface area (Å²) in [5, 5.41) is 31.9. The molecule has 35 heavy (non-hydrogen) atoms. The highest BCUT2D eigenvalue weighted by Gasteiger charge is 2.71. The minimum atomic E-state index is -0.830. The molecule has 0 radical (unpaired) electrons. The first kappa shape index (κ1) is 25.4. The zero-order valence-corrected chi connectivity index (χ0v) is 22.8. The Morgan fingerprint density at radius 2 is 1.54 bits per heavy atom. The lowest BCUT2D eigenvalue weighted by Gasteiger charge is -2.70. The van der Waals surface area contributed by atoms with Crippen molar-refractivity contribution in [2.24, 2.45) is 50.2 Å². The number of carbonyl (C=O) groups excluding carboxylic acids is 1. The highest BCUT2D eigenvalue weighted by molar-refractivity contribution is 5.95. The van der Waals surface area contributed by atoms with Crippen molar-refractivity contribution in [3.05, 3.63) is 11.6 Å². The second kappa shape index (κ2) is 7.22. The van der Waals surface area contributed by atoms with E-state index in [9.17, 15) is 24.9 Å². The predicted molar refractivity (Wildman–Crippen MR) is 134 cm³/mol. The number of fused-ring (bicyclic) bond motifs is 7. The summed E-state index contributed by atoms with van der Waals surface area (Å²) < 4.78 is 0. The molecule has 0 saturated heterocycles. The lowest BCUT2D eigenvalue weighted by atomic mass is 9.33. The van der Waals surface area contributed by atoms with Gasteiger partial charge in [-0.05, 0) is 103 Å². The van der Waals surface area contributed by atoms with Crippen LogP contribution in [0, 0.1) is 50.2 Å². The number of aliphatic hydroxyl groups excluding tert-OH is 2. The fourth-order valence-electron chi connectivity index (χ4n) is 10.5. The first-order chi connectivity index (χ1) is 16.0. The molecule has 4 saturated carbocycles. The Labute approximate surface area is 210 Å². The average molecular weight is 487 g/mol. The zero-order chi connectivity index (χ0) is 26.0. The van der Waals surface area contributed by atoms with E-state index >= 15 is 0 Å². The van der Waals surface area contributed by atoms with E-state index in [0.717, 1.165) is 32.1 Å². The van der Waals surface area contributed by atoms with Crippen molar-refractivity contribution in [1.82, 2.24) is 0 Å². The Morgan fingerprint density at radius 3 is 2.17 bits per heavy atom. The minimum absolute atomic E-state index is 0.0397. The SMILES string of the molecule is CC1(C)[C@H](O)[C@@H](O)C[C@]2(C)[C@H]3C(=O)C=C4[C@@H]5C[C@](C)(C(=O)O)CC[C@]5(C)CC[C@@]4(C)[C@]3(C)CC[C@@H]12. The van der Waals surface area contributed by atoms with Crippen LogP contribution in [-0.4, -0.2) is 39.3 Å². The second-order valence-corrected chi connectivity index (χ2v) is 15.1. The molecule has 5 rings (SSSR count). The van der Waals surface area contributed by atoms with Gasteiger partial charge in [0.1, 0.15) is 0 Å². The summed E-state index contributed by atoms with van der Waals surface area (Å²) in [4.78, 5) is 26.5. The van der Waals surface area contributed by atoms with E-state index in [-0.39, 0.29) is 45.2 Å². The number of aliphatic carboxylic acids is 1. The Kier molecular flexibility index (Phi) is 5.25. The number of carboxylic acids is 1. The highest BCUT2D eigenvalue weighted by Crippen LogP contribution is 2.75. The van der Waals surface area contributed by atoms with Crippen LogP contribution in [-0.2, 0) is 9.59 Å². The Balaban J connectivity index is 1.63. The summed E-state index contributed by atoms with van der Waals surface area (Å²) >= 11 is 0. The lowest BCUT2D eigenvalue weighted by molar-refractivity contribution is -0.227. The van der Waals surface area contributed by atoms with E-state index in [1.165, 1.54) is 5.57 Å². The van der Waals surface area contributed by atoms with Crippen molar-refractivity contribution in [2.75, 3.05) is 0 Å². The Morgan fingerprint density at radius 1 is 0.914 bits per heavy atom. The maximum absolute atomic E-state index is 14.2. The van der Waals surface area contributed by atoms with E-state index in [1.54, 1.807) is 0 Å². The van der Waals surface area contributed by atoms with Crippen molar-refractivity contribution < 1.29 is 24.9 Å². The van der Waals surface area contributed by atoms with E-state index in [4.69, 9.17) is 0 Å². The number of hydrogen-bond acceptors (Lipinski definition) is 4. The van der Waals surface area contributed by atoms with Crippen molar-refractivity contribution >= 4 is 11.8 Å². The van der Waals surface area contributed by atoms with E-state index in [2.05, 4.69) is 41.5 Å². The Bertz CT molecular complexity index is 999. The van der Waals surface area contributed by atoms with Gasteiger partial charge in [0, 0.05) is 5.92 Å². The molecule has 0 heterocycles. The van der Waals surface area contributed by atoms with Crippen LogP contribution < -0.4 is 0 Å². The molecule has 0 aromatic heterocycles. The van der Waals surface area contributed by atoms with Gasteiger partial charge in [-0.15, -0.1) is 0 Å². The zero-order valence-electron chi connectivity index (χ0n) is 22.8. The van der Waals surface area contributed by atoms with Gasteiger partial charge in [-0.3, -0.25) is 9.59 Å². The van der Waals surface area contributed by atoms with Crippen LogP contribution in [0.25, 0.3) is 0 Å². The standard InChI is InChI=1S/C30H46O5/c1-25(2)21-8-9-30(7)22(28(21,5)16-20(32)23(25)33)19(31)14-17-18-15-27(4,24(34)35)11-10-26(18,3)12-13-29(17,30)6/h14,18,20-23,32-33H,8-13,15-16H2,1-7H3,(H,34,35)/t18-,20-,21-,22+,23+,26+,27+,28-,29+,30+/m0/s1. The van der Waals surface area contributed by atoms with Crippen molar-refractivity contribution in [2.45, 2.75) is 112 Å². The molecule has 5 heteroatoms. The first-order valence-electron chi connectivity index (χ1n) is 13.8. The summed E-state index contributed by atoms with van der Waals surface area (Å²) in [7, 11) is 0. The van der Waals surface area contributed by atoms with Crippen LogP contribution >= 0.6 is 0 Å². The molecule has 0 aromatic rings. The van der Waals surface area contributed by atoms with Crippen LogP contribution in [0.3, 0.4) is 0 Å². The molecule has 5 aliphatic carbocycles. The highest BCUT2D eigenvalue weighted by atomic mass is 16.4. The molecule has 0 amide bonds. The van der Waals surface area contributed by atoms with Crippen molar-refractivity contribution in [1.29, 1.82) is 0 Å². The molecule has 5 nitrogen and oxygen atoms in total.